The van der Waals surface area contributed by atoms with E-state index in [1.54, 1.807) is 23.1 Å². The average molecular weight is 414 g/mol. The molecule has 1 aromatic carbocycles. The summed E-state index contributed by atoms with van der Waals surface area (Å²) in [6.45, 7) is 2.02. The van der Waals surface area contributed by atoms with Crippen LogP contribution in [0.15, 0.2) is 29.1 Å². The van der Waals surface area contributed by atoms with Crippen molar-refractivity contribution in [1.82, 2.24) is 9.97 Å². The molecule has 4 rings (SSSR count). The molecule has 1 amide bonds. The molecular formula is C21H23N3O2S2. The quantitative estimate of drug-likeness (QED) is 0.586. The number of thioether (sulfide) groups is 1. The highest BCUT2D eigenvalue weighted by atomic mass is 32.2. The van der Waals surface area contributed by atoms with Crippen molar-refractivity contribution >= 4 is 44.9 Å². The molecule has 0 radical (unpaired) electrons. The lowest BCUT2D eigenvalue weighted by molar-refractivity contribution is -0.115. The number of thiophene rings is 1. The third-order valence-electron chi connectivity index (χ3n) is 4.92. The monoisotopic (exact) mass is 413 g/mol. The zero-order valence-electron chi connectivity index (χ0n) is 15.8. The molecule has 0 bridgehead atoms. The zero-order chi connectivity index (χ0) is 19.5. The van der Waals surface area contributed by atoms with Gasteiger partial charge in [-0.2, -0.15) is 11.8 Å². The summed E-state index contributed by atoms with van der Waals surface area (Å²) < 4.78 is 0. The predicted octanol–water partition coefficient (Wildman–Crippen LogP) is 4.43. The molecule has 0 spiro atoms. The second kappa shape index (κ2) is 8.49. The van der Waals surface area contributed by atoms with E-state index < -0.39 is 0 Å². The number of aromatic nitrogens is 2. The van der Waals surface area contributed by atoms with Gasteiger partial charge in [-0.25, -0.2) is 4.98 Å². The lowest BCUT2D eigenvalue weighted by Crippen LogP contribution is -2.13. The third kappa shape index (κ3) is 4.31. The average Bonchev–Trinajstić information content (AvgIpc) is 3.06. The van der Waals surface area contributed by atoms with E-state index >= 15 is 0 Å². The maximum Gasteiger partial charge on any atom is 0.259 e. The highest BCUT2D eigenvalue weighted by Gasteiger charge is 2.19. The van der Waals surface area contributed by atoms with E-state index in [0.29, 0.717) is 23.8 Å². The van der Waals surface area contributed by atoms with E-state index in [2.05, 4.69) is 15.3 Å². The van der Waals surface area contributed by atoms with Crippen molar-refractivity contribution in [3.05, 3.63) is 56.4 Å². The Morgan fingerprint density at radius 3 is 2.86 bits per heavy atom. The van der Waals surface area contributed by atoms with Crippen molar-refractivity contribution in [2.24, 2.45) is 0 Å². The molecule has 0 unspecified atom stereocenters. The summed E-state index contributed by atoms with van der Waals surface area (Å²) in [7, 11) is 0. The predicted molar refractivity (Wildman–Crippen MR) is 117 cm³/mol. The van der Waals surface area contributed by atoms with Gasteiger partial charge in [-0.05, 0) is 50.3 Å². The van der Waals surface area contributed by atoms with Gasteiger partial charge < -0.3 is 10.3 Å². The van der Waals surface area contributed by atoms with Crippen molar-refractivity contribution in [3.8, 4) is 0 Å². The Morgan fingerprint density at radius 2 is 2.04 bits per heavy atom. The number of aromatic amines is 1. The first kappa shape index (κ1) is 19.2. The minimum Gasteiger partial charge on any atom is -0.326 e. The lowest BCUT2D eigenvalue weighted by Gasteiger charge is -2.09. The number of fused-ring (bicyclic) bond motifs is 3. The molecule has 3 aromatic rings. The first-order valence-electron chi connectivity index (χ1n) is 9.58. The van der Waals surface area contributed by atoms with Crippen LogP contribution >= 0.6 is 23.1 Å². The molecule has 0 saturated heterocycles. The van der Waals surface area contributed by atoms with Crippen molar-refractivity contribution < 1.29 is 4.79 Å². The van der Waals surface area contributed by atoms with Gasteiger partial charge in [-0.1, -0.05) is 17.7 Å². The summed E-state index contributed by atoms with van der Waals surface area (Å²) in [6, 6.07) is 7.77. The third-order valence-corrected chi connectivity index (χ3v) is 7.08. The van der Waals surface area contributed by atoms with Crippen molar-refractivity contribution in [1.29, 1.82) is 0 Å². The Bertz CT molecular complexity index is 1050. The second-order valence-electron chi connectivity index (χ2n) is 7.12. The minimum atomic E-state index is -0.0166. The number of amides is 1. The van der Waals surface area contributed by atoms with Crippen molar-refractivity contribution in [2.45, 2.75) is 44.8 Å². The van der Waals surface area contributed by atoms with Crippen LogP contribution in [0.25, 0.3) is 10.2 Å². The largest absolute Gasteiger partial charge is 0.326 e. The number of nitrogens with zero attached hydrogens (tertiary/aromatic N) is 1. The maximum absolute atomic E-state index is 12.5. The summed E-state index contributed by atoms with van der Waals surface area (Å²) in [6.07, 6.45) is 4.84. The summed E-state index contributed by atoms with van der Waals surface area (Å²) in [4.78, 5) is 34.4. The van der Waals surface area contributed by atoms with Crippen LogP contribution in [-0.2, 0) is 23.4 Å². The summed E-state index contributed by atoms with van der Waals surface area (Å²) in [5, 5.41) is 3.70. The molecule has 28 heavy (non-hydrogen) atoms. The van der Waals surface area contributed by atoms with Gasteiger partial charge in [0.1, 0.15) is 10.7 Å². The van der Waals surface area contributed by atoms with Crippen LogP contribution in [0.4, 0.5) is 5.69 Å². The van der Waals surface area contributed by atoms with E-state index in [1.165, 1.54) is 22.4 Å². The fraction of sp³-hybridized carbons (Fsp3) is 0.381. The number of anilines is 1. The number of carbonyl (C=O) groups is 1. The van der Waals surface area contributed by atoms with Gasteiger partial charge in [0.05, 0.1) is 11.1 Å². The first-order chi connectivity index (χ1) is 13.6. The van der Waals surface area contributed by atoms with Crippen molar-refractivity contribution in [2.75, 3.05) is 11.1 Å². The molecule has 0 fully saturated rings. The fourth-order valence-corrected chi connectivity index (χ4v) is 5.56. The maximum atomic E-state index is 12.5. The summed E-state index contributed by atoms with van der Waals surface area (Å²) >= 11 is 3.28. The molecular weight excluding hydrogens is 390 g/mol. The number of hydrogen-bond acceptors (Lipinski definition) is 5. The summed E-state index contributed by atoms with van der Waals surface area (Å²) in [5.41, 5.74) is 3.18. The Labute approximate surface area is 172 Å². The molecule has 0 aliphatic heterocycles. The highest BCUT2D eigenvalue weighted by molar-refractivity contribution is 7.98. The van der Waals surface area contributed by atoms with Gasteiger partial charge >= 0.3 is 0 Å². The van der Waals surface area contributed by atoms with Crippen molar-refractivity contribution in [3.63, 3.8) is 0 Å². The number of rotatable bonds is 6. The molecule has 1 aliphatic carbocycles. The smallest absolute Gasteiger partial charge is 0.259 e. The van der Waals surface area contributed by atoms with Crippen LogP contribution < -0.4 is 10.9 Å². The van der Waals surface area contributed by atoms with E-state index in [1.807, 2.05) is 31.2 Å². The number of benzene rings is 1. The number of aryl methyl sites for hydroxylation is 3. The van der Waals surface area contributed by atoms with E-state index in [9.17, 15) is 9.59 Å². The summed E-state index contributed by atoms with van der Waals surface area (Å²) in [5.74, 6) is 1.98. The Morgan fingerprint density at radius 1 is 1.25 bits per heavy atom. The lowest BCUT2D eigenvalue weighted by atomic mass is 9.97. The standard InChI is InChI=1S/C21H23N3O2S2/c1-13-6-8-14(9-7-13)22-18(25)10-11-27-12-17-23-20(26)19-15-4-2-3-5-16(15)28-21(19)24-17/h6-9H,2-5,10-12H2,1H3,(H,22,25)(H,23,24,26). The first-order valence-corrected chi connectivity index (χ1v) is 11.5. The molecule has 146 valence electrons. The molecule has 2 aromatic heterocycles. The van der Waals surface area contributed by atoms with Crippen LogP contribution in [-0.4, -0.2) is 21.6 Å². The Hall–Kier alpha value is -2.12. The molecule has 0 saturated carbocycles. The minimum absolute atomic E-state index is 0.000750. The van der Waals surface area contributed by atoms with E-state index in [4.69, 9.17) is 0 Å². The van der Waals surface area contributed by atoms with Gasteiger partial charge in [0, 0.05) is 22.7 Å². The zero-order valence-corrected chi connectivity index (χ0v) is 17.5. The van der Waals surface area contributed by atoms with Crippen LogP contribution in [0.3, 0.4) is 0 Å². The highest BCUT2D eigenvalue weighted by Crippen LogP contribution is 2.33. The van der Waals surface area contributed by atoms with Crippen LogP contribution in [0.5, 0.6) is 0 Å². The number of hydrogen-bond donors (Lipinski definition) is 2. The van der Waals surface area contributed by atoms with Crippen LogP contribution in [0.2, 0.25) is 0 Å². The van der Waals surface area contributed by atoms with E-state index in [-0.39, 0.29) is 11.5 Å². The molecule has 1 aliphatic rings. The number of nitrogens with one attached hydrogen (secondary N) is 2. The van der Waals surface area contributed by atoms with Crippen LogP contribution in [0.1, 0.15) is 41.1 Å². The molecule has 2 heterocycles. The van der Waals surface area contributed by atoms with Gasteiger partial charge in [0.25, 0.3) is 5.56 Å². The van der Waals surface area contributed by atoms with E-state index in [0.717, 1.165) is 35.2 Å². The Balaban J connectivity index is 1.32. The van der Waals surface area contributed by atoms with Gasteiger partial charge in [-0.3, -0.25) is 9.59 Å². The molecule has 7 heteroatoms. The van der Waals surface area contributed by atoms with Gasteiger partial charge in [0.2, 0.25) is 5.91 Å². The second-order valence-corrected chi connectivity index (χ2v) is 9.31. The number of carbonyl (C=O) groups excluding carboxylic acids is 1. The molecule has 2 N–H and O–H groups in total. The SMILES string of the molecule is Cc1ccc(NC(=O)CCSCc2nc3sc4c(c3c(=O)[nH]2)CCCC4)cc1. The van der Waals surface area contributed by atoms with Gasteiger partial charge in [0.15, 0.2) is 0 Å². The molecule has 5 nitrogen and oxygen atoms in total. The van der Waals surface area contributed by atoms with Gasteiger partial charge in [-0.15, -0.1) is 11.3 Å². The molecule has 0 atom stereocenters. The number of H-pyrrole nitrogens is 1. The fourth-order valence-electron chi connectivity index (χ4n) is 3.47. The normalized spacial score (nSPS) is 13.5. The topological polar surface area (TPSA) is 74.8 Å². The van der Waals surface area contributed by atoms with Crippen LogP contribution in [0, 0.1) is 6.92 Å². The Kier molecular flexibility index (Phi) is 5.82.